The quantitative estimate of drug-likeness (QED) is 0.772. The third-order valence-electron chi connectivity index (χ3n) is 4.72. The van der Waals surface area contributed by atoms with Crippen LogP contribution >= 0.6 is 0 Å². The number of amides is 2. The molecule has 1 aliphatic rings. The van der Waals surface area contributed by atoms with Crippen molar-refractivity contribution in [3.8, 4) is 0 Å². The molecule has 0 saturated carbocycles. The molecule has 1 aromatic carbocycles. The first-order chi connectivity index (χ1) is 13.1. The third kappa shape index (κ3) is 4.64. The Morgan fingerprint density at radius 1 is 1.07 bits per heavy atom. The second kappa shape index (κ2) is 8.66. The van der Waals surface area contributed by atoms with Crippen LogP contribution < -0.4 is 4.90 Å². The van der Waals surface area contributed by atoms with Crippen LogP contribution in [0.4, 0.5) is 10.6 Å². The average molecular weight is 367 g/mol. The van der Waals surface area contributed by atoms with Crippen LogP contribution in [0.3, 0.4) is 0 Å². The topological polar surface area (TPSA) is 62.7 Å². The first kappa shape index (κ1) is 18.9. The first-order valence-corrected chi connectivity index (χ1v) is 9.26. The summed E-state index contributed by atoms with van der Waals surface area (Å²) in [6.45, 7) is 3.87. The summed E-state index contributed by atoms with van der Waals surface area (Å²) in [4.78, 5) is 33.0. The van der Waals surface area contributed by atoms with Gasteiger partial charge in [0.15, 0.2) is 0 Å². The normalized spacial score (nSPS) is 13.9. The second-order valence-electron chi connectivity index (χ2n) is 6.74. The molecule has 6 nitrogen and oxygen atoms in total. The number of pyridine rings is 1. The molecular formula is C21H25N3O3. The van der Waals surface area contributed by atoms with Crippen molar-refractivity contribution in [2.24, 2.45) is 0 Å². The van der Waals surface area contributed by atoms with E-state index in [1.54, 1.807) is 17.0 Å². The minimum Gasteiger partial charge on any atom is -0.465 e. The van der Waals surface area contributed by atoms with Crippen LogP contribution in [0.2, 0.25) is 0 Å². The zero-order chi connectivity index (χ0) is 19.2. The number of methoxy groups -OCH3 is 1. The van der Waals surface area contributed by atoms with E-state index in [-0.39, 0.29) is 12.0 Å². The SMILES string of the molecule is COC(=O)c1ccc(CN(C(=O)N2CCCCC2)c2cccc(C)n2)cc1. The summed E-state index contributed by atoms with van der Waals surface area (Å²) >= 11 is 0. The van der Waals surface area contributed by atoms with E-state index in [0.717, 1.165) is 37.2 Å². The van der Waals surface area contributed by atoms with Gasteiger partial charge in [-0.05, 0) is 56.0 Å². The van der Waals surface area contributed by atoms with Gasteiger partial charge in [-0.1, -0.05) is 18.2 Å². The van der Waals surface area contributed by atoms with Crippen molar-refractivity contribution in [3.63, 3.8) is 0 Å². The van der Waals surface area contributed by atoms with Gasteiger partial charge in [0.25, 0.3) is 0 Å². The van der Waals surface area contributed by atoms with E-state index in [2.05, 4.69) is 4.98 Å². The van der Waals surface area contributed by atoms with Gasteiger partial charge in [-0.15, -0.1) is 0 Å². The molecule has 0 aliphatic carbocycles. The molecule has 27 heavy (non-hydrogen) atoms. The number of benzene rings is 1. The number of piperidine rings is 1. The van der Waals surface area contributed by atoms with Crippen molar-refractivity contribution in [1.82, 2.24) is 9.88 Å². The zero-order valence-corrected chi connectivity index (χ0v) is 15.9. The lowest BCUT2D eigenvalue weighted by Crippen LogP contribution is -2.45. The smallest absolute Gasteiger partial charge is 0.337 e. The monoisotopic (exact) mass is 367 g/mol. The average Bonchev–Trinajstić information content (AvgIpc) is 2.72. The number of esters is 1. The highest BCUT2D eigenvalue weighted by Gasteiger charge is 2.25. The Kier molecular flexibility index (Phi) is 6.06. The molecule has 1 saturated heterocycles. The first-order valence-electron chi connectivity index (χ1n) is 9.26. The predicted molar refractivity (Wildman–Crippen MR) is 104 cm³/mol. The maximum absolute atomic E-state index is 13.2. The largest absolute Gasteiger partial charge is 0.465 e. The highest BCUT2D eigenvalue weighted by molar-refractivity contribution is 5.91. The number of ether oxygens (including phenoxy) is 1. The van der Waals surface area contributed by atoms with Gasteiger partial charge < -0.3 is 9.64 Å². The molecule has 0 unspecified atom stereocenters. The minimum atomic E-state index is -0.372. The van der Waals surface area contributed by atoms with Crippen molar-refractivity contribution in [1.29, 1.82) is 0 Å². The van der Waals surface area contributed by atoms with Gasteiger partial charge in [-0.25, -0.2) is 14.6 Å². The highest BCUT2D eigenvalue weighted by atomic mass is 16.5. The van der Waals surface area contributed by atoms with Crippen LogP contribution in [0.5, 0.6) is 0 Å². The Morgan fingerprint density at radius 3 is 2.41 bits per heavy atom. The number of likely N-dealkylation sites (tertiary alicyclic amines) is 1. The lowest BCUT2D eigenvalue weighted by molar-refractivity contribution is 0.0600. The van der Waals surface area contributed by atoms with Gasteiger partial charge in [0.1, 0.15) is 5.82 Å². The third-order valence-corrected chi connectivity index (χ3v) is 4.72. The van der Waals surface area contributed by atoms with Crippen LogP contribution in [-0.2, 0) is 11.3 Å². The Labute approximate surface area is 159 Å². The summed E-state index contributed by atoms with van der Waals surface area (Å²) < 4.78 is 4.74. The van der Waals surface area contributed by atoms with Gasteiger partial charge in [0, 0.05) is 18.8 Å². The summed E-state index contributed by atoms with van der Waals surface area (Å²) in [5, 5.41) is 0. The summed E-state index contributed by atoms with van der Waals surface area (Å²) in [5.41, 5.74) is 2.28. The molecule has 142 valence electrons. The van der Waals surface area contributed by atoms with E-state index in [0.29, 0.717) is 17.9 Å². The number of carbonyl (C=O) groups is 2. The summed E-state index contributed by atoms with van der Waals surface area (Å²) in [5.74, 6) is 0.269. The number of aromatic nitrogens is 1. The number of hydrogen-bond acceptors (Lipinski definition) is 4. The Bertz CT molecular complexity index is 799. The van der Waals surface area contributed by atoms with Crippen molar-refractivity contribution < 1.29 is 14.3 Å². The van der Waals surface area contributed by atoms with Gasteiger partial charge in [-0.3, -0.25) is 4.90 Å². The maximum Gasteiger partial charge on any atom is 0.337 e. The van der Waals surface area contributed by atoms with E-state index in [1.807, 2.05) is 42.2 Å². The van der Waals surface area contributed by atoms with E-state index >= 15 is 0 Å². The molecular weight excluding hydrogens is 342 g/mol. The molecule has 1 fully saturated rings. The predicted octanol–water partition coefficient (Wildman–Crippen LogP) is 3.79. The maximum atomic E-state index is 13.2. The zero-order valence-electron chi connectivity index (χ0n) is 15.9. The fraction of sp³-hybridized carbons (Fsp3) is 0.381. The van der Waals surface area contributed by atoms with Crippen LogP contribution in [0.1, 0.15) is 40.9 Å². The molecule has 0 bridgehead atoms. The summed E-state index contributed by atoms with van der Waals surface area (Å²) in [6.07, 6.45) is 3.24. The highest BCUT2D eigenvalue weighted by Crippen LogP contribution is 2.20. The van der Waals surface area contributed by atoms with Crippen molar-refractivity contribution >= 4 is 17.8 Å². The number of hydrogen-bond donors (Lipinski definition) is 0. The fourth-order valence-electron chi connectivity index (χ4n) is 3.23. The molecule has 2 aromatic rings. The van der Waals surface area contributed by atoms with Gasteiger partial charge in [0.05, 0.1) is 19.2 Å². The minimum absolute atomic E-state index is 0.0233. The van der Waals surface area contributed by atoms with Crippen LogP contribution in [-0.4, -0.2) is 42.1 Å². The Balaban J connectivity index is 1.85. The van der Waals surface area contributed by atoms with E-state index in [9.17, 15) is 9.59 Å². The molecule has 0 N–H and O–H groups in total. The van der Waals surface area contributed by atoms with E-state index in [4.69, 9.17) is 4.74 Å². The molecule has 0 atom stereocenters. The number of rotatable bonds is 4. The number of nitrogens with zero attached hydrogens (tertiary/aromatic N) is 3. The number of carbonyl (C=O) groups excluding carboxylic acids is 2. The van der Waals surface area contributed by atoms with Crippen LogP contribution in [0.25, 0.3) is 0 Å². The summed E-state index contributed by atoms with van der Waals surface area (Å²) in [7, 11) is 1.36. The number of anilines is 1. The second-order valence-corrected chi connectivity index (χ2v) is 6.74. The molecule has 0 spiro atoms. The van der Waals surface area contributed by atoms with Crippen molar-refractivity contribution in [3.05, 3.63) is 59.3 Å². The number of urea groups is 1. The van der Waals surface area contributed by atoms with Gasteiger partial charge in [-0.2, -0.15) is 0 Å². The van der Waals surface area contributed by atoms with E-state index < -0.39 is 0 Å². The van der Waals surface area contributed by atoms with E-state index in [1.165, 1.54) is 13.5 Å². The van der Waals surface area contributed by atoms with Gasteiger partial charge >= 0.3 is 12.0 Å². The molecule has 3 rings (SSSR count). The molecule has 2 heterocycles. The van der Waals surface area contributed by atoms with Crippen molar-refractivity contribution in [2.45, 2.75) is 32.7 Å². The van der Waals surface area contributed by atoms with Gasteiger partial charge in [0.2, 0.25) is 0 Å². The lowest BCUT2D eigenvalue weighted by atomic mass is 10.1. The number of aryl methyl sites for hydroxylation is 1. The standard InChI is InChI=1S/C21H25N3O3/c1-16-7-6-8-19(22-16)24(21(26)23-13-4-3-5-14-23)15-17-9-11-18(12-10-17)20(25)27-2/h6-12H,3-5,13-15H2,1-2H3. The lowest BCUT2D eigenvalue weighted by Gasteiger charge is -2.32. The molecule has 1 aliphatic heterocycles. The molecule has 6 heteroatoms. The van der Waals surface area contributed by atoms with Crippen molar-refractivity contribution in [2.75, 3.05) is 25.1 Å². The molecule has 2 amide bonds. The molecule has 1 aromatic heterocycles. The Hall–Kier alpha value is -2.89. The summed E-state index contributed by atoms with van der Waals surface area (Å²) in [6, 6.07) is 12.8. The Morgan fingerprint density at radius 2 is 1.78 bits per heavy atom. The fourth-order valence-corrected chi connectivity index (χ4v) is 3.23. The van der Waals surface area contributed by atoms with Crippen LogP contribution in [0, 0.1) is 6.92 Å². The molecule has 0 radical (unpaired) electrons. The van der Waals surface area contributed by atoms with Crippen LogP contribution in [0.15, 0.2) is 42.5 Å².